The van der Waals surface area contributed by atoms with Crippen LogP contribution in [-0.4, -0.2) is 15.0 Å². The highest BCUT2D eigenvalue weighted by atomic mass is 32.2. The minimum absolute atomic E-state index is 0.125. The van der Waals surface area contributed by atoms with Crippen LogP contribution in [0, 0.1) is 16.7 Å². The molecule has 1 aliphatic carbocycles. The third-order valence-electron chi connectivity index (χ3n) is 3.07. The van der Waals surface area contributed by atoms with Gasteiger partial charge in [0.05, 0.1) is 16.5 Å². The van der Waals surface area contributed by atoms with E-state index in [1.165, 1.54) is 12.1 Å². The van der Waals surface area contributed by atoms with Crippen LogP contribution in [0.3, 0.4) is 0 Å². The van der Waals surface area contributed by atoms with E-state index in [1.54, 1.807) is 12.1 Å². The molecule has 90 valence electrons. The Morgan fingerprint density at radius 2 is 2.18 bits per heavy atom. The molecule has 0 bridgehead atoms. The summed E-state index contributed by atoms with van der Waals surface area (Å²) in [7, 11) is -3.49. The van der Waals surface area contributed by atoms with Crippen molar-refractivity contribution < 1.29 is 8.42 Å². The van der Waals surface area contributed by atoms with E-state index in [9.17, 15) is 8.42 Å². The van der Waals surface area contributed by atoms with Crippen molar-refractivity contribution >= 4 is 10.0 Å². The lowest BCUT2D eigenvalue weighted by Crippen LogP contribution is -2.29. The number of benzene rings is 1. The molecule has 0 spiro atoms. The van der Waals surface area contributed by atoms with Crippen LogP contribution >= 0.6 is 0 Å². The van der Waals surface area contributed by atoms with Crippen LogP contribution in [-0.2, 0) is 10.0 Å². The van der Waals surface area contributed by atoms with Crippen LogP contribution in [0.25, 0.3) is 0 Å². The summed E-state index contributed by atoms with van der Waals surface area (Å²) >= 11 is 0. The largest absolute Gasteiger partial charge is 0.240 e. The summed E-state index contributed by atoms with van der Waals surface area (Å²) in [6.45, 7) is 2.52. The maximum absolute atomic E-state index is 12.0. The second-order valence-corrected chi connectivity index (χ2v) is 6.54. The van der Waals surface area contributed by atoms with Crippen molar-refractivity contribution in [1.29, 1.82) is 5.26 Å². The van der Waals surface area contributed by atoms with Crippen LogP contribution in [0.15, 0.2) is 29.2 Å². The quantitative estimate of drug-likeness (QED) is 0.883. The van der Waals surface area contributed by atoms with Gasteiger partial charge in [0.1, 0.15) is 0 Å². The van der Waals surface area contributed by atoms with E-state index in [-0.39, 0.29) is 10.3 Å². The summed E-state index contributed by atoms with van der Waals surface area (Å²) in [4.78, 5) is 0.154. The average molecular weight is 250 g/mol. The number of sulfonamides is 1. The van der Waals surface area contributed by atoms with Crippen molar-refractivity contribution in [3.63, 3.8) is 0 Å². The van der Waals surface area contributed by atoms with Crippen molar-refractivity contribution in [2.45, 2.75) is 24.7 Å². The van der Waals surface area contributed by atoms with Crippen LogP contribution in [0.2, 0.25) is 0 Å². The highest BCUT2D eigenvalue weighted by Gasteiger charge is 2.38. The lowest BCUT2D eigenvalue weighted by molar-refractivity contribution is 0.530. The maximum atomic E-state index is 12.0. The molecule has 1 aromatic carbocycles. The molecular weight excluding hydrogens is 236 g/mol. The van der Waals surface area contributed by atoms with Gasteiger partial charge in [-0.25, -0.2) is 13.1 Å². The van der Waals surface area contributed by atoms with E-state index < -0.39 is 10.0 Å². The number of rotatable bonds is 4. The van der Waals surface area contributed by atoms with Crippen molar-refractivity contribution in [3.05, 3.63) is 29.8 Å². The highest BCUT2D eigenvalue weighted by molar-refractivity contribution is 7.89. The molecule has 1 aliphatic rings. The third-order valence-corrected chi connectivity index (χ3v) is 4.46. The van der Waals surface area contributed by atoms with E-state index in [4.69, 9.17) is 5.26 Å². The molecule has 0 aromatic heterocycles. The predicted octanol–water partition coefficient (Wildman–Crippen LogP) is 1.64. The van der Waals surface area contributed by atoms with Gasteiger partial charge in [-0.1, -0.05) is 13.0 Å². The summed E-state index contributed by atoms with van der Waals surface area (Å²) in [5.74, 6) is 0. The summed E-state index contributed by atoms with van der Waals surface area (Å²) in [5.41, 5.74) is 0.477. The predicted molar refractivity (Wildman–Crippen MR) is 63.7 cm³/mol. The zero-order valence-corrected chi connectivity index (χ0v) is 10.4. The van der Waals surface area contributed by atoms with E-state index in [2.05, 4.69) is 11.6 Å². The van der Waals surface area contributed by atoms with Gasteiger partial charge in [-0.2, -0.15) is 5.26 Å². The first-order valence-corrected chi connectivity index (χ1v) is 6.93. The summed E-state index contributed by atoms with van der Waals surface area (Å²) in [6, 6.07) is 7.98. The number of nitrogens with one attached hydrogen (secondary N) is 1. The first-order valence-electron chi connectivity index (χ1n) is 5.45. The molecule has 17 heavy (non-hydrogen) atoms. The Balaban J connectivity index is 2.16. The molecule has 2 rings (SSSR count). The van der Waals surface area contributed by atoms with Gasteiger partial charge in [-0.05, 0) is 36.5 Å². The summed E-state index contributed by atoms with van der Waals surface area (Å²) in [6.07, 6.45) is 2.13. The molecule has 1 N–H and O–H groups in total. The molecule has 0 unspecified atom stereocenters. The molecule has 1 saturated carbocycles. The fraction of sp³-hybridized carbons (Fsp3) is 0.417. The van der Waals surface area contributed by atoms with Gasteiger partial charge in [-0.3, -0.25) is 0 Å². The van der Waals surface area contributed by atoms with E-state index >= 15 is 0 Å². The Kier molecular flexibility index (Phi) is 2.94. The SMILES string of the molecule is CC1(CNS(=O)(=O)c2cccc(C#N)c2)CC1. The molecule has 5 heteroatoms. The van der Waals surface area contributed by atoms with Crippen LogP contribution < -0.4 is 4.72 Å². The van der Waals surface area contributed by atoms with Gasteiger partial charge in [-0.15, -0.1) is 0 Å². The second-order valence-electron chi connectivity index (χ2n) is 4.77. The number of nitrogens with zero attached hydrogens (tertiary/aromatic N) is 1. The zero-order valence-electron chi connectivity index (χ0n) is 9.60. The third kappa shape index (κ3) is 2.84. The van der Waals surface area contributed by atoms with Crippen LogP contribution in [0.5, 0.6) is 0 Å². The van der Waals surface area contributed by atoms with E-state index in [0.717, 1.165) is 12.8 Å². The smallest absolute Gasteiger partial charge is 0.211 e. The van der Waals surface area contributed by atoms with E-state index in [0.29, 0.717) is 12.1 Å². The molecule has 0 aliphatic heterocycles. The van der Waals surface area contributed by atoms with Crippen molar-refractivity contribution in [3.8, 4) is 6.07 Å². The van der Waals surface area contributed by atoms with Crippen molar-refractivity contribution in [2.24, 2.45) is 5.41 Å². The van der Waals surface area contributed by atoms with Gasteiger partial charge >= 0.3 is 0 Å². The topological polar surface area (TPSA) is 70.0 Å². The number of hydrogen-bond acceptors (Lipinski definition) is 3. The Morgan fingerprint density at radius 3 is 2.76 bits per heavy atom. The van der Waals surface area contributed by atoms with Gasteiger partial charge in [0.25, 0.3) is 0 Å². The standard InChI is InChI=1S/C12H14N2O2S/c1-12(5-6-12)9-14-17(15,16)11-4-2-3-10(7-11)8-13/h2-4,7,14H,5-6,9H2,1H3. The molecule has 1 aromatic rings. The molecular formula is C12H14N2O2S. The van der Waals surface area contributed by atoms with Gasteiger partial charge in [0, 0.05) is 6.54 Å². The molecule has 0 heterocycles. The van der Waals surface area contributed by atoms with Crippen LogP contribution in [0.4, 0.5) is 0 Å². The Bertz CT molecular complexity index is 568. The van der Waals surface area contributed by atoms with Gasteiger partial charge in [0.15, 0.2) is 0 Å². The number of hydrogen-bond donors (Lipinski definition) is 1. The number of nitriles is 1. The minimum atomic E-state index is -3.49. The first kappa shape index (κ1) is 12.1. The molecule has 1 fully saturated rings. The lowest BCUT2D eigenvalue weighted by Gasteiger charge is -2.10. The van der Waals surface area contributed by atoms with Crippen LogP contribution in [0.1, 0.15) is 25.3 Å². The van der Waals surface area contributed by atoms with E-state index in [1.807, 2.05) is 6.07 Å². The lowest BCUT2D eigenvalue weighted by atomic mass is 10.2. The zero-order chi connectivity index (χ0) is 12.5. The summed E-state index contributed by atoms with van der Waals surface area (Å²) in [5, 5.41) is 8.73. The molecule has 0 radical (unpaired) electrons. The van der Waals surface area contributed by atoms with Crippen molar-refractivity contribution in [2.75, 3.05) is 6.54 Å². The Labute approximate surface area is 101 Å². The fourth-order valence-corrected chi connectivity index (χ4v) is 2.72. The fourth-order valence-electron chi connectivity index (χ4n) is 1.48. The molecule has 0 amide bonds. The van der Waals surface area contributed by atoms with Gasteiger partial charge in [0.2, 0.25) is 10.0 Å². The Morgan fingerprint density at radius 1 is 1.47 bits per heavy atom. The maximum Gasteiger partial charge on any atom is 0.240 e. The average Bonchev–Trinajstić information content (AvgIpc) is 3.06. The highest BCUT2D eigenvalue weighted by Crippen LogP contribution is 2.44. The summed E-state index contributed by atoms with van der Waals surface area (Å²) < 4.78 is 26.5. The molecule has 0 atom stereocenters. The van der Waals surface area contributed by atoms with Gasteiger partial charge < -0.3 is 0 Å². The van der Waals surface area contributed by atoms with Crippen molar-refractivity contribution in [1.82, 2.24) is 4.72 Å². The first-order chi connectivity index (χ1) is 7.95. The molecule has 4 nitrogen and oxygen atoms in total. The minimum Gasteiger partial charge on any atom is -0.211 e. The normalized spacial score (nSPS) is 17.4. The Hall–Kier alpha value is -1.38. The monoisotopic (exact) mass is 250 g/mol. The second kappa shape index (κ2) is 4.13. The molecule has 0 saturated heterocycles.